The number of amides is 1. The number of carbonyl (C=O) groups is 1. The van der Waals surface area contributed by atoms with Gasteiger partial charge < -0.3 is 14.8 Å². The molecule has 1 aliphatic heterocycles. The summed E-state index contributed by atoms with van der Waals surface area (Å²) in [5.41, 5.74) is 0.755. The molecule has 5 heteroatoms. The lowest BCUT2D eigenvalue weighted by Gasteiger charge is -2.35. The molecule has 2 unspecified atom stereocenters. The average molecular weight is 342 g/mol. The fourth-order valence-corrected chi connectivity index (χ4v) is 3.23. The third kappa shape index (κ3) is 3.64. The van der Waals surface area contributed by atoms with Gasteiger partial charge in [0.05, 0.1) is 0 Å². The van der Waals surface area contributed by atoms with Gasteiger partial charge in [-0.25, -0.2) is 0 Å². The normalized spacial score (nSPS) is 23.8. The summed E-state index contributed by atoms with van der Waals surface area (Å²) in [6.07, 6.45) is 5.06. The molecule has 0 saturated carbocycles. The van der Waals surface area contributed by atoms with Gasteiger partial charge in [-0.1, -0.05) is 6.92 Å². The SMILES string of the molecule is CCCn1cc(Br)cc1C(=O)NC1CCN(C)C(C)C1. The van der Waals surface area contributed by atoms with Gasteiger partial charge in [-0.05, 0) is 55.2 Å². The van der Waals surface area contributed by atoms with E-state index >= 15 is 0 Å². The van der Waals surface area contributed by atoms with Crippen LogP contribution in [0.3, 0.4) is 0 Å². The van der Waals surface area contributed by atoms with E-state index in [1.54, 1.807) is 0 Å². The molecule has 112 valence electrons. The van der Waals surface area contributed by atoms with Gasteiger partial charge in [0, 0.05) is 35.8 Å². The third-order valence-electron chi connectivity index (χ3n) is 4.10. The molecule has 1 aromatic rings. The minimum atomic E-state index is 0.0471. The van der Waals surface area contributed by atoms with Crippen molar-refractivity contribution in [2.75, 3.05) is 13.6 Å². The zero-order valence-electron chi connectivity index (χ0n) is 12.5. The first-order valence-corrected chi connectivity index (χ1v) is 8.17. The maximum Gasteiger partial charge on any atom is 0.268 e. The molecule has 1 aliphatic rings. The van der Waals surface area contributed by atoms with E-state index < -0.39 is 0 Å². The summed E-state index contributed by atoms with van der Waals surface area (Å²) in [4.78, 5) is 14.8. The fraction of sp³-hybridized carbons (Fsp3) is 0.667. The number of aryl methyl sites for hydroxylation is 1. The molecule has 0 radical (unpaired) electrons. The molecule has 4 nitrogen and oxygen atoms in total. The van der Waals surface area contributed by atoms with Gasteiger partial charge in [-0.2, -0.15) is 0 Å². The van der Waals surface area contributed by atoms with Crippen LogP contribution in [0.15, 0.2) is 16.7 Å². The van der Waals surface area contributed by atoms with E-state index in [1.807, 2.05) is 16.8 Å². The molecule has 1 fully saturated rings. The highest BCUT2D eigenvalue weighted by atomic mass is 79.9. The van der Waals surface area contributed by atoms with Crippen LogP contribution < -0.4 is 5.32 Å². The van der Waals surface area contributed by atoms with Crippen LogP contribution in [-0.4, -0.2) is 41.1 Å². The molecule has 1 aromatic heterocycles. The van der Waals surface area contributed by atoms with Crippen LogP contribution in [-0.2, 0) is 6.54 Å². The Morgan fingerprint density at radius 3 is 2.95 bits per heavy atom. The second kappa shape index (κ2) is 6.76. The van der Waals surface area contributed by atoms with Crippen molar-refractivity contribution in [2.24, 2.45) is 0 Å². The molecule has 1 saturated heterocycles. The van der Waals surface area contributed by atoms with E-state index in [1.165, 1.54) is 0 Å². The topological polar surface area (TPSA) is 37.3 Å². The van der Waals surface area contributed by atoms with E-state index in [2.05, 4.69) is 47.0 Å². The first-order valence-electron chi connectivity index (χ1n) is 7.38. The molecule has 2 atom stereocenters. The van der Waals surface area contributed by atoms with E-state index in [9.17, 15) is 4.79 Å². The van der Waals surface area contributed by atoms with Gasteiger partial charge >= 0.3 is 0 Å². The maximum absolute atomic E-state index is 12.4. The second-order valence-electron chi connectivity index (χ2n) is 5.76. The number of carbonyl (C=O) groups excluding carboxylic acids is 1. The van der Waals surface area contributed by atoms with Gasteiger partial charge in [0.1, 0.15) is 5.69 Å². The minimum Gasteiger partial charge on any atom is -0.348 e. The van der Waals surface area contributed by atoms with E-state index in [-0.39, 0.29) is 11.9 Å². The van der Waals surface area contributed by atoms with Gasteiger partial charge in [0.25, 0.3) is 5.91 Å². The van der Waals surface area contributed by atoms with Gasteiger partial charge in [-0.15, -0.1) is 0 Å². The number of piperidine rings is 1. The molecule has 20 heavy (non-hydrogen) atoms. The molecule has 2 heterocycles. The van der Waals surface area contributed by atoms with E-state index in [0.717, 1.165) is 42.5 Å². The van der Waals surface area contributed by atoms with Crippen molar-refractivity contribution in [3.05, 3.63) is 22.4 Å². The van der Waals surface area contributed by atoms with Crippen LogP contribution in [0.1, 0.15) is 43.6 Å². The molecular weight excluding hydrogens is 318 g/mol. The maximum atomic E-state index is 12.4. The van der Waals surface area contributed by atoms with Crippen LogP contribution >= 0.6 is 15.9 Å². The second-order valence-corrected chi connectivity index (χ2v) is 6.68. The Morgan fingerprint density at radius 2 is 2.30 bits per heavy atom. The Balaban J connectivity index is 2.01. The lowest BCUT2D eigenvalue weighted by Crippen LogP contribution is -2.47. The minimum absolute atomic E-state index is 0.0471. The van der Waals surface area contributed by atoms with Crippen molar-refractivity contribution in [1.29, 1.82) is 0 Å². The molecule has 0 spiro atoms. The average Bonchev–Trinajstić information content (AvgIpc) is 2.75. The summed E-state index contributed by atoms with van der Waals surface area (Å²) in [6, 6.07) is 2.73. The molecule has 0 aliphatic carbocycles. The lowest BCUT2D eigenvalue weighted by atomic mass is 9.99. The van der Waals surface area contributed by atoms with Crippen LogP contribution in [0.4, 0.5) is 0 Å². The van der Waals surface area contributed by atoms with Crippen molar-refractivity contribution in [2.45, 2.75) is 51.7 Å². The lowest BCUT2D eigenvalue weighted by molar-refractivity contribution is 0.0887. The molecule has 2 rings (SSSR count). The van der Waals surface area contributed by atoms with Crippen molar-refractivity contribution >= 4 is 21.8 Å². The summed E-state index contributed by atoms with van der Waals surface area (Å²) >= 11 is 3.46. The summed E-state index contributed by atoms with van der Waals surface area (Å²) in [6.45, 7) is 6.26. The predicted molar refractivity (Wildman–Crippen MR) is 85.0 cm³/mol. The third-order valence-corrected chi connectivity index (χ3v) is 4.54. The zero-order chi connectivity index (χ0) is 14.7. The largest absolute Gasteiger partial charge is 0.348 e. The summed E-state index contributed by atoms with van der Waals surface area (Å²) in [5, 5.41) is 3.19. The molecule has 1 N–H and O–H groups in total. The number of aromatic nitrogens is 1. The highest BCUT2D eigenvalue weighted by Gasteiger charge is 2.25. The van der Waals surface area contributed by atoms with Crippen molar-refractivity contribution in [3.63, 3.8) is 0 Å². The number of nitrogens with zero attached hydrogens (tertiary/aromatic N) is 2. The molecule has 0 aromatic carbocycles. The Kier molecular flexibility index (Phi) is 5.27. The summed E-state index contributed by atoms with van der Waals surface area (Å²) in [5.74, 6) is 0.0471. The molecule has 0 bridgehead atoms. The predicted octanol–water partition coefficient (Wildman–Crippen LogP) is 2.87. The number of nitrogens with one attached hydrogen (secondary N) is 1. The van der Waals surface area contributed by atoms with Crippen LogP contribution in [0, 0.1) is 0 Å². The quantitative estimate of drug-likeness (QED) is 0.914. The Bertz CT molecular complexity index is 472. The van der Waals surface area contributed by atoms with Crippen LogP contribution in [0.2, 0.25) is 0 Å². The number of hydrogen-bond acceptors (Lipinski definition) is 2. The van der Waals surface area contributed by atoms with Gasteiger partial charge in [0.15, 0.2) is 0 Å². The van der Waals surface area contributed by atoms with Gasteiger partial charge in [-0.3, -0.25) is 4.79 Å². The first-order chi connectivity index (χ1) is 9.51. The smallest absolute Gasteiger partial charge is 0.268 e. The summed E-state index contributed by atoms with van der Waals surface area (Å²) < 4.78 is 2.99. The van der Waals surface area contributed by atoms with Gasteiger partial charge in [0.2, 0.25) is 0 Å². The van der Waals surface area contributed by atoms with Crippen molar-refractivity contribution in [1.82, 2.24) is 14.8 Å². The Hall–Kier alpha value is -0.810. The fourth-order valence-electron chi connectivity index (χ4n) is 2.77. The summed E-state index contributed by atoms with van der Waals surface area (Å²) in [7, 11) is 2.15. The van der Waals surface area contributed by atoms with Crippen LogP contribution in [0.5, 0.6) is 0 Å². The van der Waals surface area contributed by atoms with E-state index in [4.69, 9.17) is 0 Å². The number of likely N-dealkylation sites (tertiary alicyclic amines) is 1. The van der Waals surface area contributed by atoms with Crippen molar-refractivity contribution in [3.8, 4) is 0 Å². The highest BCUT2D eigenvalue weighted by Crippen LogP contribution is 2.18. The monoisotopic (exact) mass is 341 g/mol. The first kappa shape index (κ1) is 15.6. The Labute approximate surface area is 129 Å². The van der Waals surface area contributed by atoms with Crippen molar-refractivity contribution < 1.29 is 4.79 Å². The standard InChI is InChI=1S/C15H24BrN3O/c1-4-6-19-10-12(16)9-14(19)15(20)17-13-5-7-18(3)11(2)8-13/h9-11,13H,4-8H2,1-3H3,(H,17,20). The van der Waals surface area contributed by atoms with Crippen LogP contribution in [0.25, 0.3) is 0 Å². The number of halogens is 1. The number of rotatable bonds is 4. The molecule has 1 amide bonds. The Morgan fingerprint density at radius 1 is 1.55 bits per heavy atom. The highest BCUT2D eigenvalue weighted by molar-refractivity contribution is 9.10. The molecular formula is C15H24BrN3O. The number of hydrogen-bond donors (Lipinski definition) is 1. The zero-order valence-corrected chi connectivity index (χ0v) is 14.1. The van der Waals surface area contributed by atoms with E-state index in [0.29, 0.717) is 6.04 Å².